The maximum atomic E-state index is 13.2. The number of aromatic hydroxyl groups is 1. The molecule has 5 nitrogen and oxygen atoms in total. The summed E-state index contributed by atoms with van der Waals surface area (Å²) in [5, 5.41) is 10.7. The Bertz CT molecular complexity index is 1350. The zero-order valence-corrected chi connectivity index (χ0v) is 15.7. The number of phenols is 1. The fourth-order valence-electron chi connectivity index (χ4n) is 3.13. The van der Waals surface area contributed by atoms with E-state index in [9.17, 15) is 18.3 Å². The van der Waals surface area contributed by atoms with Crippen molar-refractivity contribution in [3.63, 3.8) is 0 Å². The first-order chi connectivity index (χ1) is 13.4. The number of fused-ring (bicyclic) bond motifs is 1. The topological polar surface area (TPSA) is 84.6 Å². The van der Waals surface area contributed by atoms with Gasteiger partial charge >= 0.3 is 0 Å². The lowest BCUT2D eigenvalue weighted by Crippen LogP contribution is -2.07. The molecule has 3 aromatic carbocycles. The van der Waals surface area contributed by atoms with E-state index in [-0.39, 0.29) is 27.4 Å². The number of hydrogen-bond donors (Lipinski definition) is 1. The van der Waals surface area contributed by atoms with Crippen LogP contribution in [0.2, 0.25) is 0 Å². The Balaban J connectivity index is 2.06. The van der Waals surface area contributed by atoms with Gasteiger partial charge in [0.1, 0.15) is 17.1 Å². The van der Waals surface area contributed by atoms with E-state index in [1.165, 1.54) is 18.2 Å². The van der Waals surface area contributed by atoms with E-state index in [0.717, 1.165) is 6.26 Å². The van der Waals surface area contributed by atoms with Crippen molar-refractivity contribution < 1.29 is 17.9 Å². The molecule has 1 aromatic heterocycles. The molecule has 0 fully saturated rings. The van der Waals surface area contributed by atoms with Crippen molar-refractivity contribution in [1.29, 1.82) is 0 Å². The number of para-hydroxylation sites is 2. The second-order valence-corrected chi connectivity index (χ2v) is 8.46. The molecule has 1 heterocycles. The van der Waals surface area contributed by atoms with Gasteiger partial charge in [-0.3, -0.25) is 4.79 Å². The van der Waals surface area contributed by atoms with E-state index in [0.29, 0.717) is 22.1 Å². The minimum absolute atomic E-state index is 0.0425. The summed E-state index contributed by atoms with van der Waals surface area (Å²) >= 11 is 0. The highest BCUT2D eigenvalue weighted by atomic mass is 32.2. The standard InChI is InChI=1S/C22H16O5S/c1-28(25,26)15-12-10-14(11-13-15)22-20(16-6-2-4-8-18(16)23)21(24)17-7-3-5-9-19(17)27-22/h2-13,23H,1H3. The Kier molecular flexibility index (Phi) is 4.28. The largest absolute Gasteiger partial charge is 0.507 e. The van der Waals surface area contributed by atoms with Gasteiger partial charge in [-0.2, -0.15) is 0 Å². The predicted molar refractivity (Wildman–Crippen MR) is 108 cm³/mol. The zero-order chi connectivity index (χ0) is 19.9. The molecule has 0 amide bonds. The van der Waals surface area contributed by atoms with Crippen LogP contribution in [0.5, 0.6) is 5.75 Å². The molecule has 0 saturated carbocycles. The molecule has 4 rings (SSSR count). The SMILES string of the molecule is CS(=O)(=O)c1ccc(-c2oc3ccccc3c(=O)c2-c2ccccc2O)cc1. The van der Waals surface area contributed by atoms with Gasteiger partial charge in [-0.15, -0.1) is 0 Å². The van der Waals surface area contributed by atoms with Crippen molar-refractivity contribution in [3.05, 3.63) is 83.0 Å². The molecular formula is C22H16O5S. The van der Waals surface area contributed by atoms with Crippen LogP contribution in [0.3, 0.4) is 0 Å². The number of phenolic OH excluding ortho intramolecular Hbond substituents is 1. The Hall–Kier alpha value is -3.38. The van der Waals surface area contributed by atoms with Crippen LogP contribution in [-0.2, 0) is 9.84 Å². The summed E-state index contributed by atoms with van der Waals surface area (Å²) in [7, 11) is -3.35. The fourth-order valence-corrected chi connectivity index (χ4v) is 3.76. The molecule has 0 aliphatic rings. The summed E-state index contributed by atoms with van der Waals surface area (Å²) in [6.07, 6.45) is 1.13. The number of sulfone groups is 1. The highest BCUT2D eigenvalue weighted by molar-refractivity contribution is 7.90. The van der Waals surface area contributed by atoms with Crippen molar-refractivity contribution in [1.82, 2.24) is 0 Å². The molecule has 4 aromatic rings. The van der Waals surface area contributed by atoms with Gasteiger partial charge in [0.25, 0.3) is 0 Å². The maximum absolute atomic E-state index is 13.2. The molecule has 140 valence electrons. The van der Waals surface area contributed by atoms with Crippen LogP contribution in [0.15, 0.2) is 86.9 Å². The lowest BCUT2D eigenvalue weighted by molar-refractivity contribution is 0.477. The molecule has 0 radical (unpaired) electrons. The van der Waals surface area contributed by atoms with Crippen LogP contribution in [0.4, 0.5) is 0 Å². The summed E-state index contributed by atoms with van der Waals surface area (Å²) in [6.45, 7) is 0. The average molecular weight is 392 g/mol. The van der Waals surface area contributed by atoms with Gasteiger partial charge < -0.3 is 9.52 Å². The second kappa shape index (κ2) is 6.65. The van der Waals surface area contributed by atoms with Crippen molar-refractivity contribution in [3.8, 4) is 28.2 Å². The quantitative estimate of drug-likeness (QED) is 0.564. The third-order valence-corrected chi connectivity index (χ3v) is 5.64. The van der Waals surface area contributed by atoms with Crippen LogP contribution in [0, 0.1) is 0 Å². The average Bonchev–Trinajstić information content (AvgIpc) is 2.68. The van der Waals surface area contributed by atoms with Crippen LogP contribution in [0.25, 0.3) is 33.4 Å². The molecule has 6 heteroatoms. The third kappa shape index (κ3) is 3.08. The normalized spacial score (nSPS) is 11.6. The lowest BCUT2D eigenvalue weighted by Gasteiger charge is -2.12. The van der Waals surface area contributed by atoms with Crippen molar-refractivity contribution >= 4 is 20.8 Å². The molecular weight excluding hydrogens is 376 g/mol. The Morgan fingerprint density at radius 2 is 1.50 bits per heavy atom. The van der Waals surface area contributed by atoms with Crippen LogP contribution in [-0.4, -0.2) is 19.8 Å². The lowest BCUT2D eigenvalue weighted by atomic mass is 9.97. The summed E-state index contributed by atoms with van der Waals surface area (Å²) in [5.74, 6) is 0.226. The van der Waals surface area contributed by atoms with Gasteiger partial charge in [-0.05, 0) is 42.5 Å². The molecule has 0 bridgehead atoms. The number of hydrogen-bond acceptors (Lipinski definition) is 5. The first kappa shape index (κ1) is 18.0. The third-order valence-electron chi connectivity index (χ3n) is 4.52. The van der Waals surface area contributed by atoms with E-state index >= 15 is 0 Å². The fraction of sp³-hybridized carbons (Fsp3) is 0.0455. The minimum atomic E-state index is -3.35. The van der Waals surface area contributed by atoms with Crippen molar-refractivity contribution in [2.75, 3.05) is 6.26 Å². The van der Waals surface area contributed by atoms with Gasteiger partial charge in [-0.1, -0.05) is 30.3 Å². The van der Waals surface area contributed by atoms with Gasteiger partial charge in [0.15, 0.2) is 9.84 Å². The van der Waals surface area contributed by atoms with Gasteiger partial charge in [-0.25, -0.2) is 8.42 Å². The van der Waals surface area contributed by atoms with E-state index in [4.69, 9.17) is 4.42 Å². The zero-order valence-electron chi connectivity index (χ0n) is 14.9. The highest BCUT2D eigenvalue weighted by Gasteiger charge is 2.20. The van der Waals surface area contributed by atoms with Crippen LogP contribution < -0.4 is 5.43 Å². The molecule has 0 saturated heterocycles. The van der Waals surface area contributed by atoms with Gasteiger partial charge in [0.05, 0.1) is 15.8 Å². The number of rotatable bonds is 3. The van der Waals surface area contributed by atoms with E-state index in [2.05, 4.69) is 0 Å². The molecule has 0 aliphatic heterocycles. The molecule has 0 spiro atoms. The summed E-state index contributed by atoms with van der Waals surface area (Å²) < 4.78 is 29.5. The molecule has 0 atom stereocenters. The van der Waals surface area contributed by atoms with E-state index in [1.54, 1.807) is 54.6 Å². The summed E-state index contributed by atoms with van der Waals surface area (Å²) in [6, 6.07) is 19.5. The van der Waals surface area contributed by atoms with Crippen LogP contribution in [0.1, 0.15) is 0 Å². The van der Waals surface area contributed by atoms with Crippen LogP contribution >= 0.6 is 0 Å². The van der Waals surface area contributed by atoms with E-state index in [1.807, 2.05) is 0 Å². The molecule has 28 heavy (non-hydrogen) atoms. The molecule has 0 unspecified atom stereocenters. The van der Waals surface area contributed by atoms with Crippen molar-refractivity contribution in [2.24, 2.45) is 0 Å². The van der Waals surface area contributed by atoms with Crippen molar-refractivity contribution in [2.45, 2.75) is 4.90 Å². The first-order valence-corrected chi connectivity index (χ1v) is 10.4. The smallest absolute Gasteiger partial charge is 0.201 e. The Morgan fingerprint density at radius 3 is 2.18 bits per heavy atom. The maximum Gasteiger partial charge on any atom is 0.201 e. The molecule has 0 aliphatic carbocycles. The Labute approximate surface area is 161 Å². The van der Waals surface area contributed by atoms with E-state index < -0.39 is 9.84 Å². The number of benzene rings is 3. The molecule has 1 N–H and O–H groups in total. The predicted octanol–water partition coefficient (Wildman–Crippen LogP) is 4.24. The monoisotopic (exact) mass is 392 g/mol. The van der Waals surface area contributed by atoms with Gasteiger partial charge in [0, 0.05) is 17.4 Å². The minimum Gasteiger partial charge on any atom is -0.507 e. The van der Waals surface area contributed by atoms with Gasteiger partial charge in [0.2, 0.25) is 5.43 Å². The first-order valence-electron chi connectivity index (χ1n) is 8.51. The Morgan fingerprint density at radius 1 is 0.857 bits per heavy atom. The summed E-state index contributed by atoms with van der Waals surface area (Å²) in [5.41, 5.74) is 1.25. The second-order valence-electron chi connectivity index (χ2n) is 6.45. The highest BCUT2D eigenvalue weighted by Crippen LogP contribution is 2.36. The summed E-state index contributed by atoms with van der Waals surface area (Å²) in [4.78, 5) is 13.4.